The Balaban J connectivity index is 2.30. The quantitative estimate of drug-likeness (QED) is 0.858. The van der Waals surface area contributed by atoms with Crippen LogP contribution in [-0.2, 0) is 17.8 Å². The standard InChI is InChI=1S/C16H18N2O3/c1-3-9-17(4-2)16(21)18-11-13-8-6-5-7-12(13)10-14(18)15(19)20/h1,5-8,14H,4,9-11H2,2H3,(H,19,20). The number of aliphatic carboxylic acids is 1. The number of fused-ring (bicyclic) bond motifs is 1. The molecular weight excluding hydrogens is 268 g/mol. The molecule has 1 aromatic carbocycles. The maximum atomic E-state index is 12.5. The van der Waals surface area contributed by atoms with E-state index in [1.54, 1.807) is 0 Å². The number of rotatable bonds is 3. The van der Waals surface area contributed by atoms with Crippen molar-refractivity contribution in [2.45, 2.75) is 25.9 Å². The van der Waals surface area contributed by atoms with Crippen molar-refractivity contribution in [1.82, 2.24) is 9.80 Å². The first-order chi connectivity index (χ1) is 10.1. The van der Waals surface area contributed by atoms with Gasteiger partial charge in [0.25, 0.3) is 0 Å². The number of carboxylic acid groups (broad SMARTS) is 1. The van der Waals surface area contributed by atoms with Gasteiger partial charge in [-0.3, -0.25) is 0 Å². The maximum Gasteiger partial charge on any atom is 0.326 e. The molecule has 0 saturated carbocycles. The van der Waals surface area contributed by atoms with Crippen molar-refractivity contribution in [2.24, 2.45) is 0 Å². The smallest absolute Gasteiger partial charge is 0.326 e. The second-order valence-corrected chi connectivity index (χ2v) is 4.96. The maximum absolute atomic E-state index is 12.5. The molecule has 1 aromatic rings. The fourth-order valence-corrected chi connectivity index (χ4v) is 2.55. The molecule has 5 heteroatoms. The third-order valence-electron chi connectivity index (χ3n) is 3.71. The molecule has 0 aromatic heterocycles. The third-order valence-corrected chi connectivity index (χ3v) is 3.71. The van der Waals surface area contributed by atoms with E-state index < -0.39 is 12.0 Å². The highest BCUT2D eigenvalue weighted by molar-refractivity contribution is 5.83. The molecule has 2 amide bonds. The zero-order valence-corrected chi connectivity index (χ0v) is 12.0. The first-order valence-corrected chi connectivity index (χ1v) is 6.87. The van der Waals surface area contributed by atoms with Crippen LogP contribution in [0.3, 0.4) is 0 Å². The van der Waals surface area contributed by atoms with E-state index in [-0.39, 0.29) is 12.6 Å². The molecule has 1 heterocycles. The SMILES string of the molecule is C#CCN(CC)C(=O)N1Cc2ccccc2CC1C(=O)O. The Hall–Kier alpha value is -2.48. The minimum atomic E-state index is -0.991. The first-order valence-electron chi connectivity index (χ1n) is 6.87. The second kappa shape index (κ2) is 6.31. The largest absolute Gasteiger partial charge is 0.480 e. The summed E-state index contributed by atoms with van der Waals surface area (Å²) >= 11 is 0. The van der Waals surface area contributed by atoms with Crippen molar-refractivity contribution in [3.63, 3.8) is 0 Å². The molecule has 0 bridgehead atoms. The number of terminal acetylenes is 1. The lowest BCUT2D eigenvalue weighted by Gasteiger charge is -2.37. The van der Waals surface area contributed by atoms with Gasteiger partial charge in [0.2, 0.25) is 0 Å². The average molecular weight is 286 g/mol. The van der Waals surface area contributed by atoms with E-state index in [0.29, 0.717) is 19.5 Å². The first kappa shape index (κ1) is 14.9. The molecule has 0 aliphatic carbocycles. The highest BCUT2D eigenvalue weighted by Crippen LogP contribution is 2.24. The molecule has 1 unspecified atom stereocenters. The van der Waals surface area contributed by atoms with E-state index in [9.17, 15) is 14.7 Å². The molecule has 21 heavy (non-hydrogen) atoms. The van der Waals surface area contributed by atoms with Gasteiger partial charge in [0.1, 0.15) is 6.04 Å². The van der Waals surface area contributed by atoms with Crippen LogP contribution in [0.4, 0.5) is 4.79 Å². The predicted molar refractivity (Wildman–Crippen MR) is 78.6 cm³/mol. The van der Waals surface area contributed by atoms with Crippen LogP contribution in [0.1, 0.15) is 18.1 Å². The van der Waals surface area contributed by atoms with Crippen LogP contribution in [0.2, 0.25) is 0 Å². The van der Waals surface area contributed by atoms with Gasteiger partial charge in [-0.25, -0.2) is 9.59 Å². The van der Waals surface area contributed by atoms with Crippen LogP contribution in [0.5, 0.6) is 0 Å². The Morgan fingerprint density at radius 2 is 2.10 bits per heavy atom. The molecular formula is C16H18N2O3. The zero-order valence-electron chi connectivity index (χ0n) is 12.0. The van der Waals surface area contributed by atoms with Gasteiger partial charge in [-0.15, -0.1) is 6.42 Å². The van der Waals surface area contributed by atoms with Gasteiger partial charge in [0.05, 0.1) is 6.54 Å². The molecule has 1 aliphatic heterocycles. The Labute approximate surface area is 124 Å². The van der Waals surface area contributed by atoms with Crippen LogP contribution in [-0.4, -0.2) is 46.0 Å². The number of amides is 2. The lowest BCUT2D eigenvalue weighted by molar-refractivity contribution is -0.142. The van der Waals surface area contributed by atoms with Crippen molar-refractivity contribution in [1.29, 1.82) is 0 Å². The summed E-state index contributed by atoms with van der Waals surface area (Å²) in [5.74, 6) is 1.44. The Morgan fingerprint density at radius 3 is 2.67 bits per heavy atom. The number of carbonyl (C=O) groups is 2. The van der Waals surface area contributed by atoms with E-state index in [2.05, 4.69) is 5.92 Å². The van der Waals surface area contributed by atoms with Crippen LogP contribution in [0.25, 0.3) is 0 Å². The lowest BCUT2D eigenvalue weighted by Crippen LogP contribution is -2.53. The van der Waals surface area contributed by atoms with Crippen molar-refractivity contribution in [3.05, 3.63) is 35.4 Å². The van der Waals surface area contributed by atoms with Crippen LogP contribution >= 0.6 is 0 Å². The van der Waals surface area contributed by atoms with Crippen LogP contribution in [0.15, 0.2) is 24.3 Å². The van der Waals surface area contributed by atoms with E-state index >= 15 is 0 Å². The van der Waals surface area contributed by atoms with Gasteiger partial charge in [-0.1, -0.05) is 30.2 Å². The van der Waals surface area contributed by atoms with E-state index in [1.807, 2.05) is 31.2 Å². The number of hydrogen-bond acceptors (Lipinski definition) is 2. The highest BCUT2D eigenvalue weighted by atomic mass is 16.4. The minimum absolute atomic E-state index is 0.180. The minimum Gasteiger partial charge on any atom is -0.480 e. The fourth-order valence-electron chi connectivity index (χ4n) is 2.55. The van der Waals surface area contributed by atoms with Crippen molar-refractivity contribution in [3.8, 4) is 12.3 Å². The third kappa shape index (κ3) is 3.00. The molecule has 5 nitrogen and oxygen atoms in total. The predicted octanol–water partition coefficient (Wildman–Crippen LogP) is 1.57. The van der Waals surface area contributed by atoms with Gasteiger partial charge >= 0.3 is 12.0 Å². The fraction of sp³-hybridized carbons (Fsp3) is 0.375. The highest BCUT2D eigenvalue weighted by Gasteiger charge is 2.36. The summed E-state index contributed by atoms with van der Waals surface area (Å²) in [5.41, 5.74) is 1.97. The van der Waals surface area contributed by atoms with Gasteiger partial charge in [-0.05, 0) is 18.1 Å². The Bertz CT molecular complexity index is 591. The molecule has 0 spiro atoms. The van der Waals surface area contributed by atoms with Gasteiger partial charge in [0.15, 0.2) is 0 Å². The summed E-state index contributed by atoms with van der Waals surface area (Å²) in [7, 11) is 0. The summed E-state index contributed by atoms with van der Waals surface area (Å²) in [6.07, 6.45) is 5.59. The van der Waals surface area contributed by atoms with Crippen molar-refractivity contribution < 1.29 is 14.7 Å². The summed E-state index contributed by atoms with van der Waals surface area (Å²) in [5, 5.41) is 9.41. The van der Waals surface area contributed by atoms with E-state index in [0.717, 1.165) is 11.1 Å². The lowest BCUT2D eigenvalue weighted by atomic mass is 9.94. The Kier molecular flexibility index (Phi) is 4.49. The van der Waals surface area contributed by atoms with Gasteiger partial charge < -0.3 is 14.9 Å². The summed E-state index contributed by atoms with van der Waals surface area (Å²) in [4.78, 5) is 26.9. The monoisotopic (exact) mass is 286 g/mol. The topological polar surface area (TPSA) is 60.9 Å². The molecule has 0 saturated heterocycles. The molecule has 1 aliphatic rings. The molecule has 1 atom stereocenters. The molecule has 0 radical (unpaired) electrons. The van der Waals surface area contributed by atoms with E-state index in [4.69, 9.17) is 6.42 Å². The van der Waals surface area contributed by atoms with Crippen molar-refractivity contribution >= 4 is 12.0 Å². The Morgan fingerprint density at radius 1 is 1.43 bits per heavy atom. The second-order valence-electron chi connectivity index (χ2n) is 4.96. The molecule has 1 N–H and O–H groups in total. The molecule has 110 valence electrons. The van der Waals surface area contributed by atoms with E-state index in [1.165, 1.54) is 9.80 Å². The normalized spacial score (nSPS) is 16.8. The van der Waals surface area contributed by atoms with Gasteiger partial charge in [-0.2, -0.15) is 0 Å². The average Bonchev–Trinajstić information content (AvgIpc) is 2.50. The van der Waals surface area contributed by atoms with Gasteiger partial charge in [0, 0.05) is 19.5 Å². The summed E-state index contributed by atoms with van der Waals surface area (Å²) in [6.45, 7) is 2.75. The number of carboxylic acids is 1. The number of benzene rings is 1. The summed E-state index contributed by atoms with van der Waals surface area (Å²) in [6, 6.07) is 6.43. The number of nitrogens with zero attached hydrogens (tertiary/aromatic N) is 2. The molecule has 2 rings (SSSR count). The van der Waals surface area contributed by atoms with Crippen molar-refractivity contribution in [2.75, 3.05) is 13.1 Å². The van der Waals surface area contributed by atoms with Crippen LogP contribution < -0.4 is 0 Å². The number of urea groups is 1. The summed E-state index contributed by atoms with van der Waals surface area (Å²) < 4.78 is 0. The number of carbonyl (C=O) groups excluding carboxylic acids is 1. The van der Waals surface area contributed by atoms with Crippen LogP contribution in [0, 0.1) is 12.3 Å². The molecule has 0 fully saturated rings. The zero-order chi connectivity index (χ0) is 15.4. The number of hydrogen-bond donors (Lipinski definition) is 1.